The van der Waals surface area contributed by atoms with E-state index in [1.807, 2.05) is 6.92 Å². The Bertz CT molecular complexity index is 392. The first-order valence-corrected chi connectivity index (χ1v) is 5.73. The Labute approximate surface area is 104 Å². The summed E-state index contributed by atoms with van der Waals surface area (Å²) in [7, 11) is 3.21. The minimum Gasteiger partial charge on any atom is -0.360 e. The molecule has 0 radical (unpaired) electrons. The van der Waals surface area contributed by atoms with Crippen molar-refractivity contribution in [2.45, 2.75) is 25.9 Å². The van der Waals surface area contributed by atoms with Crippen LogP contribution in [0.2, 0.25) is 0 Å². The van der Waals surface area contributed by atoms with Crippen LogP contribution < -0.4 is 10.2 Å². The molecule has 1 heterocycles. The molecule has 1 aromatic heterocycles. The minimum atomic E-state index is -4.46. The summed E-state index contributed by atoms with van der Waals surface area (Å²) in [5.74, 6) is 0.248. The van der Waals surface area contributed by atoms with Gasteiger partial charge < -0.3 is 10.2 Å². The summed E-state index contributed by atoms with van der Waals surface area (Å²) in [5.41, 5.74) is -0.930. The van der Waals surface area contributed by atoms with Crippen molar-refractivity contribution in [2.75, 3.05) is 30.9 Å². The van der Waals surface area contributed by atoms with Crippen molar-refractivity contribution in [3.8, 4) is 0 Å². The molecule has 102 valence electrons. The van der Waals surface area contributed by atoms with Crippen LogP contribution in [0.3, 0.4) is 0 Å². The number of halogens is 3. The number of hydrogen-bond donors (Lipinski definition) is 1. The molecule has 1 rings (SSSR count). The van der Waals surface area contributed by atoms with E-state index < -0.39 is 11.9 Å². The summed E-state index contributed by atoms with van der Waals surface area (Å²) in [6, 6.07) is 0.969. The lowest BCUT2D eigenvalue weighted by molar-refractivity contribution is -0.141. The fourth-order valence-corrected chi connectivity index (χ4v) is 1.40. The van der Waals surface area contributed by atoms with Gasteiger partial charge in [-0.15, -0.1) is 0 Å². The van der Waals surface area contributed by atoms with Gasteiger partial charge >= 0.3 is 6.18 Å². The molecule has 1 N–H and O–H groups in total. The topological polar surface area (TPSA) is 41.1 Å². The number of nitrogens with one attached hydrogen (secondary N) is 1. The highest BCUT2D eigenvalue weighted by Crippen LogP contribution is 2.30. The van der Waals surface area contributed by atoms with Crippen LogP contribution in [-0.4, -0.2) is 30.6 Å². The second kappa shape index (κ2) is 5.88. The van der Waals surface area contributed by atoms with Crippen LogP contribution in [0.1, 0.15) is 25.5 Å². The molecular weight excluding hydrogens is 245 g/mol. The van der Waals surface area contributed by atoms with E-state index in [2.05, 4.69) is 15.3 Å². The van der Waals surface area contributed by atoms with E-state index in [0.717, 1.165) is 18.9 Å². The van der Waals surface area contributed by atoms with Gasteiger partial charge in [0.1, 0.15) is 5.82 Å². The molecule has 1 aromatic rings. The quantitative estimate of drug-likeness (QED) is 0.886. The summed E-state index contributed by atoms with van der Waals surface area (Å²) in [5, 5.41) is 2.54. The average molecular weight is 262 g/mol. The maximum absolute atomic E-state index is 12.7. The Kier molecular flexibility index (Phi) is 4.75. The summed E-state index contributed by atoms with van der Waals surface area (Å²) in [4.78, 5) is 9.13. The smallest absolute Gasteiger partial charge is 0.360 e. The van der Waals surface area contributed by atoms with Crippen LogP contribution in [0.4, 0.5) is 24.9 Å². The Morgan fingerprint density at radius 2 is 2.00 bits per heavy atom. The molecule has 4 nitrogen and oxygen atoms in total. The van der Waals surface area contributed by atoms with E-state index in [1.54, 1.807) is 11.9 Å². The van der Waals surface area contributed by atoms with Crippen molar-refractivity contribution < 1.29 is 13.2 Å². The molecule has 0 bridgehead atoms. The molecule has 0 atom stereocenters. The fraction of sp³-hybridized carbons (Fsp3) is 0.636. The molecule has 0 spiro atoms. The van der Waals surface area contributed by atoms with Gasteiger partial charge in [0, 0.05) is 26.7 Å². The van der Waals surface area contributed by atoms with Crippen LogP contribution in [0.5, 0.6) is 0 Å². The zero-order chi connectivity index (χ0) is 13.8. The van der Waals surface area contributed by atoms with Crippen LogP contribution in [0.25, 0.3) is 0 Å². The van der Waals surface area contributed by atoms with E-state index in [0.29, 0.717) is 6.54 Å². The second-order valence-corrected chi connectivity index (χ2v) is 3.96. The molecule has 0 fully saturated rings. The molecule has 0 aliphatic carbocycles. The van der Waals surface area contributed by atoms with Crippen LogP contribution in [-0.2, 0) is 6.18 Å². The van der Waals surface area contributed by atoms with Gasteiger partial charge in [-0.05, 0) is 6.42 Å². The van der Waals surface area contributed by atoms with E-state index in [1.165, 1.54) is 7.05 Å². The van der Waals surface area contributed by atoms with Gasteiger partial charge in [-0.1, -0.05) is 13.3 Å². The Hall–Kier alpha value is -1.53. The van der Waals surface area contributed by atoms with Crippen LogP contribution in [0.15, 0.2) is 6.07 Å². The third kappa shape index (κ3) is 3.75. The standard InChI is InChI=1S/C11H17F3N4/c1-4-5-6-18(3)9-7-8(11(12,13)14)16-10(15-2)17-9/h7H,4-6H2,1-3H3,(H,15,16,17). The van der Waals surface area contributed by atoms with Crippen molar-refractivity contribution in [3.05, 3.63) is 11.8 Å². The first-order valence-electron chi connectivity index (χ1n) is 5.73. The summed E-state index contributed by atoms with van der Waals surface area (Å²) < 4.78 is 38.0. The molecule has 0 aromatic carbocycles. The molecule has 7 heteroatoms. The third-order valence-electron chi connectivity index (χ3n) is 2.46. The van der Waals surface area contributed by atoms with E-state index in [-0.39, 0.29) is 11.8 Å². The number of rotatable bonds is 5. The molecule has 0 saturated heterocycles. The van der Waals surface area contributed by atoms with Gasteiger partial charge in [0.15, 0.2) is 5.69 Å². The lowest BCUT2D eigenvalue weighted by Gasteiger charge is -2.19. The highest BCUT2D eigenvalue weighted by molar-refractivity contribution is 5.44. The zero-order valence-electron chi connectivity index (χ0n) is 10.7. The number of anilines is 2. The van der Waals surface area contributed by atoms with Gasteiger partial charge in [0.2, 0.25) is 5.95 Å². The highest BCUT2D eigenvalue weighted by Gasteiger charge is 2.34. The van der Waals surface area contributed by atoms with Crippen molar-refractivity contribution in [2.24, 2.45) is 0 Å². The lowest BCUT2D eigenvalue weighted by atomic mass is 10.3. The van der Waals surface area contributed by atoms with Gasteiger partial charge in [-0.2, -0.15) is 18.2 Å². The molecule has 18 heavy (non-hydrogen) atoms. The summed E-state index contributed by atoms with van der Waals surface area (Å²) in [6.07, 6.45) is -2.59. The van der Waals surface area contributed by atoms with Crippen LogP contribution in [0, 0.1) is 0 Å². The van der Waals surface area contributed by atoms with E-state index >= 15 is 0 Å². The van der Waals surface area contributed by atoms with Crippen molar-refractivity contribution >= 4 is 11.8 Å². The molecule has 0 unspecified atom stereocenters. The number of unbranched alkanes of at least 4 members (excludes halogenated alkanes) is 1. The Morgan fingerprint density at radius 3 is 2.50 bits per heavy atom. The molecule has 0 aliphatic heterocycles. The van der Waals surface area contributed by atoms with Crippen LogP contribution >= 0.6 is 0 Å². The Balaban J connectivity index is 3.04. The van der Waals surface area contributed by atoms with Gasteiger partial charge in [-0.25, -0.2) is 4.98 Å². The lowest BCUT2D eigenvalue weighted by Crippen LogP contribution is -2.22. The first kappa shape index (κ1) is 14.5. The second-order valence-electron chi connectivity index (χ2n) is 3.96. The average Bonchev–Trinajstić information content (AvgIpc) is 2.34. The molecule has 0 aliphatic rings. The maximum Gasteiger partial charge on any atom is 0.433 e. The van der Waals surface area contributed by atoms with Gasteiger partial charge in [-0.3, -0.25) is 0 Å². The van der Waals surface area contributed by atoms with Crippen molar-refractivity contribution in [1.29, 1.82) is 0 Å². The van der Waals surface area contributed by atoms with Crippen molar-refractivity contribution in [1.82, 2.24) is 9.97 Å². The first-order chi connectivity index (χ1) is 8.38. The van der Waals surface area contributed by atoms with Crippen molar-refractivity contribution in [3.63, 3.8) is 0 Å². The molecule has 0 amide bonds. The normalized spacial score (nSPS) is 11.4. The zero-order valence-corrected chi connectivity index (χ0v) is 10.7. The Morgan fingerprint density at radius 1 is 1.33 bits per heavy atom. The van der Waals surface area contributed by atoms with Gasteiger partial charge in [0.25, 0.3) is 0 Å². The number of hydrogen-bond acceptors (Lipinski definition) is 4. The largest absolute Gasteiger partial charge is 0.433 e. The van der Waals surface area contributed by atoms with E-state index in [9.17, 15) is 13.2 Å². The SMILES string of the molecule is CCCCN(C)c1cc(C(F)(F)F)nc(NC)n1. The predicted octanol–water partition coefficient (Wildman–Crippen LogP) is 2.77. The fourth-order valence-electron chi connectivity index (χ4n) is 1.40. The summed E-state index contributed by atoms with van der Waals surface area (Å²) >= 11 is 0. The maximum atomic E-state index is 12.7. The third-order valence-corrected chi connectivity index (χ3v) is 2.46. The molecule has 0 saturated carbocycles. The molecular formula is C11H17F3N4. The number of nitrogens with zero attached hydrogens (tertiary/aromatic N) is 3. The van der Waals surface area contributed by atoms with Gasteiger partial charge in [0.05, 0.1) is 0 Å². The van der Waals surface area contributed by atoms with E-state index in [4.69, 9.17) is 0 Å². The minimum absolute atomic E-state index is 0.0248. The predicted molar refractivity (Wildman–Crippen MR) is 64.8 cm³/mol. The number of aromatic nitrogens is 2. The number of alkyl halides is 3. The monoisotopic (exact) mass is 262 g/mol. The highest BCUT2D eigenvalue weighted by atomic mass is 19.4. The summed E-state index contributed by atoms with van der Waals surface area (Å²) in [6.45, 7) is 2.68.